The van der Waals surface area contributed by atoms with Crippen molar-refractivity contribution in [2.45, 2.75) is 26.4 Å². The summed E-state index contributed by atoms with van der Waals surface area (Å²) in [6.45, 7) is 5.12. The minimum absolute atomic E-state index is 0.148. The number of nitrogens with one attached hydrogen (secondary N) is 1. The number of amides is 1. The van der Waals surface area contributed by atoms with E-state index in [4.69, 9.17) is 10.5 Å². The first-order valence-electron chi connectivity index (χ1n) is 7.31. The number of rotatable bonds is 7. The molecular formula is C16H21N3O2S. The van der Waals surface area contributed by atoms with Crippen LogP contribution in [0.25, 0.3) is 10.6 Å². The lowest BCUT2D eigenvalue weighted by Gasteiger charge is -2.09. The van der Waals surface area contributed by atoms with Crippen LogP contribution >= 0.6 is 11.3 Å². The van der Waals surface area contributed by atoms with Gasteiger partial charge in [-0.05, 0) is 51.1 Å². The number of hydrogen-bond acceptors (Lipinski definition) is 5. The molecule has 22 heavy (non-hydrogen) atoms. The van der Waals surface area contributed by atoms with Gasteiger partial charge in [0.15, 0.2) is 0 Å². The zero-order valence-corrected chi connectivity index (χ0v) is 13.7. The van der Waals surface area contributed by atoms with Crippen molar-refractivity contribution in [2.75, 3.05) is 13.1 Å². The maximum Gasteiger partial charge on any atom is 0.270 e. The Labute approximate surface area is 134 Å². The lowest BCUT2D eigenvalue weighted by atomic mass is 10.2. The standard InChI is InChI=1S/C16H21N3O2S/c1-11(2)21-13-6-4-12(5-7-13)16-19-14(10-22-16)15(20)18-9-3-8-17/h4-7,10-11H,3,8-9,17H2,1-2H3,(H,18,20). The first-order chi connectivity index (χ1) is 10.6. The van der Waals surface area contributed by atoms with E-state index in [1.54, 1.807) is 5.38 Å². The maximum absolute atomic E-state index is 11.9. The summed E-state index contributed by atoms with van der Waals surface area (Å²) in [5.74, 6) is 0.672. The highest BCUT2D eigenvalue weighted by atomic mass is 32.1. The molecule has 0 unspecified atom stereocenters. The molecule has 0 atom stereocenters. The predicted molar refractivity (Wildman–Crippen MR) is 89.3 cm³/mol. The van der Waals surface area contributed by atoms with Gasteiger partial charge in [-0.2, -0.15) is 0 Å². The van der Waals surface area contributed by atoms with Gasteiger partial charge in [-0.15, -0.1) is 11.3 Å². The molecule has 2 aromatic rings. The van der Waals surface area contributed by atoms with Crippen molar-refractivity contribution in [3.8, 4) is 16.3 Å². The zero-order valence-electron chi connectivity index (χ0n) is 12.8. The van der Waals surface area contributed by atoms with Gasteiger partial charge in [0.25, 0.3) is 5.91 Å². The Bertz CT molecular complexity index is 608. The van der Waals surface area contributed by atoms with Crippen LogP contribution < -0.4 is 15.8 Å². The molecule has 1 amide bonds. The zero-order chi connectivity index (χ0) is 15.9. The fourth-order valence-electron chi connectivity index (χ4n) is 1.85. The molecular weight excluding hydrogens is 298 g/mol. The monoisotopic (exact) mass is 319 g/mol. The second kappa shape index (κ2) is 7.91. The molecule has 1 heterocycles. The highest BCUT2D eigenvalue weighted by Crippen LogP contribution is 2.26. The molecule has 118 valence electrons. The molecule has 0 aliphatic carbocycles. The lowest BCUT2D eigenvalue weighted by Crippen LogP contribution is -2.26. The fourth-order valence-corrected chi connectivity index (χ4v) is 2.66. The average Bonchev–Trinajstić information content (AvgIpc) is 2.97. The Morgan fingerprint density at radius 2 is 2.09 bits per heavy atom. The summed E-state index contributed by atoms with van der Waals surface area (Å²) in [5, 5.41) is 5.39. The summed E-state index contributed by atoms with van der Waals surface area (Å²) in [6.07, 6.45) is 0.912. The molecule has 0 saturated heterocycles. The summed E-state index contributed by atoms with van der Waals surface area (Å²) in [4.78, 5) is 16.3. The lowest BCUT2D eigenvalue weighted by molar-refractivity contribution is 0.0949. The van der Waals surface area contributed by atoms with Gasteiger partial charge in [0.1, 0.15) is 16.5 Å². The van der Waals surface area contributed by atoms with E-state index in [9.17, 15) is 4.79 Å². The quantitative estimate of drug-likeness (QED) is 0.769. The number of carbonyl (C=O) groups is 1. The number of nitrogens with two attached hydrogens (primary N) is 1. The number of hydrogen-bond donors (Lipinski definition) is 2. The summed E-state index contributed by atoms with van der Waals surface area (Å²) in [5.41, 5.74) is 6.82. The predicted octanol–water partition coefficient (Wildman–Crippen LogP) is 2.68. The smallest absolute Gasteiger partial charge is 0.270 e. The van der Waals surface area contributed by atoms with Crippen LogP contribution in [0.1, 0.15) is 30.8 Å². The van der Waals surface area contributed by atoms with E-state index < -0.39 is 0 Å². The molecule has 0 aliphatic heterocycles. The SMILES string of the molecule is CC(C)Oc1ccc(-c2nc(C(=O)NCCCN)cs2)cc1. The molecule has 2 rings (SSSR count). The van der Waals surface area contributed by atoms with Crippen LogP contribution in [-0.4, -0.2) is 30.1 Å². The van der Waals surface area contributed by atoms with Crippen molar-refractivity contribution in [3.05, 3.63) is 35.3 Å². The van der Waals surface area contributed by atoms with Crippen LogP contribution in [0.15, 0.2) is 29.6 Å². The normalized spacial score (nSPS) is 10.7. The van der Waals surface area contributed by atoms with Crippen molar-refractivity contribution in [1.82, 2.24) is 10.3 Å². The van der Waals surface area contributed by atoms with Gasteiger partial charge in [-0.25, -0.2) is 4.98 Å². The van der Waals surface area contributed by atoms with Crippen molar-refractivity contribution in [1.29, 1.82) is 0 Å². The topological polar surface area (TPSA) is 77.2 Å². The molecule has 0 spiro atoms. The Kier molecular flexibility index (Phi) is 5.91. The van der Waals surface area contributed by atoms with Crippen molar-refractivity contribution < 1.29 is 9.53 Å². The van der Waals surface area contributed by atoms with Crippen LogP contribution in [-0.2, 0) is 0 Å². The number of ether oxygens (including phenoxy) is 1. The molecule has 1 aromatic carbocycles. The Morgan fingerprint density at radius 3 is 2.73 bits per heavy atom. The summed E-state index contributed by atoms with van der Waals surface area (Å²) < 4.78 is 5.61. The summed E-state index contributed by atoms with van der Waals surface area (Å²) in [6, 6.07) is 7.73. The molecule has 1 aromatic heterocycles. The Hall–Kier alpha value is -1.92. The van der Waals surface area contributed by atoms with Crippen LogP contribution in [0, 0.1) is 0 Å². The number of carbonyl (C=O) groups excluding carboxylic acids is 1. The number of thiazole rings is 1. The third kappa shape index (κ3) is 4.54. The van der Waals surface area contributed by atoms with Gasteiger partial charge in [0.05, 0.1) is 6.10 Å². The number of benzene rings is 1. The molecule has 0 fully saturated rings. The van der Waals surface area contributed by atoms with E-state index in [1.807, 2.05) is 38.1 Å². The number of nitrogens with zero attached hydrogens (tertiary/aromatic N) is 1. The van der Waals surface area contributed by atoms with Crippen molar-refractivity contribution >= 4 is 17.2 Å². The van der Waals surface area contributed by atoms with Gasteiger partial charge in [0.2, 0.25) is 0 Å². The second-order valence-corrected chi connectivity index (χ2v) is 5.99. The van der Waals surface area contributed by atoms with Gasteiger partial charge < -0.3 is 15.8 Å². The highest BCUT2D eigenvalue weighted by Gasteiger charge is 2.11. The first kappa shape index (κ1) is 16.5. The Morgan fingerprint density at radius 1 is 1.36 bits per heavy atom. The minimum Gasteiger partial charge on any atom is -0.491 e. The molecule has 0 bridgehead atoms. The third-order valence-electron chi connectivity index (χ3n) is 2.88. The van der Waals surface area contributed by atoms with E-state index in [-0.39, 0.29) is 12.0 Å². The van der Waals surface area contributed by atoms with E-state index in [0.29, 0.717) is 18.8 Å². The maximum atomic E-state index is 11.9. The minimum atomic E-state index is -0.157. The van der Waals surface area contributed by atoms with E-state index in [2.05, 4.69) is 10.3 Å². The molecule has 0 radical (unpaired) electrons. The van der Waals surface area contributed by atoms with Crippen LogP contribution in [0.5, 0.6) is 5.75 Å². The second-order valence-electron chi connectivity index (χ2n) is 5.13. The summed E-state index contributed by atoms with van der Waals surface area (Å²) >= 11 is 1.45. The molecule has 0 aliphatic rings. The summed E-state index contributed by atoms with van der Waals surface area (Å²) in [7, 11) is 0. The van der Waals surface area contributed by atoms with Crippen molar-refractivity contribution in [3.63, 3.8) is 0 Å². The largest absolute Gasteiger partial charge is 0.491 e. The Balaban J connectivity index is 2.03. The molecule has 0 saturated carbocycles. The van der Waals surface area contributed by atoms with Gasteiger partial charge in [-0.3, -0.25) is 4.79 Å². The highest BCUT2D eigenvalue weighted by molar-refractivity contribution is 7.13. The van der Waals surface area contributed by atoms with Gasteiger partial charge in [-0.1, -0.05) is 0 Å². The van der Waals surface area contributed by atoms with Gasteiger partial charge >= 0.3 is 0 Å². The van der Waals surface area contributed by atoms with E-state index in [0.717, 1.165) is 22.7 Å². The fraction of sp³-hybridized carbons (Fsp3) is 0.375. The third-order valence-corrected chi connectivity index (χ3v) is 3.77. The first-order valence-corrected chi connectivity index (χ1v) is 8.19. The van der Waals surface area contributed by atoms with Crippen LogP contribution in [0.3, 0.4) is 0 Å². The van der Waals surface area contributed by atoms with Gasteiger partial charge in [0, 0.05) is 17.5 Å². The van der Waals surface area contributed by atoms with E-state index >= 15 is 0 Å². The molecule has 6 heteroatoms. The molecule has 5 nitrogen and oxygen atoms in total. The van der Waals surface area contributed by atoms with E-state index in [1.165, 1.54) is 11.3 Å². The van der Waals surface area contributed by atoms with Crippen LogP contribution in [0.4, 0.5) is 0 Å². The number of aromatic nitrogens is 1. The van der Waals surface area contributed by atoms with Crippen LogP contribution in [0.2, 0.25) is 0 Å². The average molecular weight is 319 g/mol. The molecule has 3 N–H and O–H groups in total. The van der Waals surface area contributed by atoms with Crippen molar-refractivity contribution in [2.24, 2.45) is 5.73 Å².